The predicted molar refractivity (Wildman–Crippen MR) is 129 cm³/mol. The normalized spacial score (nSPS) is 14.1. The largest absolute Gasteiger partial charge is 0.480 e. The number of hydrogen-bond acceptors (Lipinski definition) is 7. The van der Waals surface area contributed by atoms with Crippen molar-refractivity contribution in [1.29, 1.82) is 0 Å². The molecular weight excluding hydrogens is 472 g/mol. The van der Waals surface area contributed by atoms with Crippen LogP contribution in [-0.2, 0) is 35.2 Å². The minimum Gasteiger partial charge on any atom is -0.480 e. The zero-order chi connectivity index (χ0) is 27.4. The zero-order valence-corrected chi connectivity index (χ0v) is 20.2. The molecule has 0 saturated heterocycles. The second-order valence-electron chi connectivity index (χ2n) is 8.66. The number of carbonyl (C=O) groups is 6. The van der Waals surface area contributed by atoms with Gasteiger partial charge in [0.1, 0.15) is 18.1 Å². The van der Waals surface area contributed by atoms with Gasteiger partial charge in [-0.2, -0.15) is 0 Å². The lowest BCUT2D eigenvalue weighted by molar-refractivity contribution is -0.143. The van der Waals surface area contributed by atoms with E-state index in [1.165, 1.54) is 0 Å². The lowest BCUT2D eigenvalue weighted by Crippen LogP contribution is -2.59. The number of hydrogen-bond donors (Lipinski definition) is 7. The number of carbonyl (C=O) groups excluding carboxylic acids is 5. The maximum atomic E-state index is 13.1. The second kappa shape index (κ2) is 14.4. The van der Waals surface area contributed by atoms with Gasteiger partial charge in [0.05, 0.1) is 12.5 Å². The molecule has 1 rings (SSSR count). The fraction of sp³-hybridized carbons (Fsp3) is 0.478. The number of carboxylic acids is 1. The van der Waals surface area contributed by atoms with Gasteiger partial charge in [-0.25, -0.2) is 4.79 Å². The average Bonchev–Trinajstić information content (AvgIpc) is 2.79. The van der Waals surface area contributed by atoms with Crippen LogP contribution >= 0.6 is 0 Å². The summed E-state index contributed by atoms with van der Waals surface area (Å²) in [6.07, 6.45) is -0.759. The van der Waals surface area contributed by atoms with Crippen LogP contribution in [0, 0.1) is 5.92 Å². The summed E-state index contributed by atoms with van der Waals surface area (Å²) in [7, 11) is 0. The first kappa shape index (κ1) is 30.0. The van der Waals surface area contributed by atoms with E-state index in [-0.39, 0.29) is 19.3 Å². The van der Waals surface area contributed by atoms with Crippen molar-refractivity contribution in [2.45, 2.75) is 63.7 Å². The summed E-state index contributed by atoms with van der Waals surface area (Å²) in [6, 6.07) is 3.63. The van der Waals surface area contributed by atoms with Crippen molar-refractivity contribution in [2.24, 2.45) is 23.1 Å². The molecule has 5 amide bonds. The molecule has 10 N–H and O–H groups in total. The van der Waals surface area contributed by atoms with Crippen LogP contribution in [0.1, 0.15) is 38.7 Å². The topological polar surface area (TPSA) is 237 Å². The first-order chi connectivity index (χ1) is 16.8. The molecule has 0 fully saturated rings. The molecule has 0 spiro atoms. The fourth-order valence-corrected chi connectivity index (χ4v) is 3.22. The molecule has 198 valence electrons. The lowest BCUT2D eigenvalue weighted by atomic mass is 10.00. The van der Waals surface area contributed by atoms with Crippen molar-refractivity contribution in [3.05, 3.63) is 35.9 Å². The Morgan fingerprint density at radius 3 is 1.92 bits per heavy atom. The molecule has 4 atom stereocenters. The van der Waals surface area contributed by atoms with Gasteiger partial charge in [-0.15, -0.1) is 0 Å². The highest BCUT2D eigenvalue weighted by Gasteiger charge is 2.32. The number of carboxylic acid groups (broad SMARTS) is 1. The van der Waals surface area contributed by atoms with Crippen molar-refractivity contribution in [2.75, 3.05) is 0 Å². The molecule has 1 aromatic carbocycles. The third-order valence-corrected chi connectivity index (χ3v) is 5.22. The Balaban J connectivity index is 3.07. The molecule has 0 aromatic heterocycles. The number of amides is 5. The number of nitrogens with one attached hydrogen (secondary N) is 3. The van der Waals surface area contributed by atoms with Crippen LogP contribution < -0.4 is 33.2 Å². The van der Waals surface area contributed by atoms with Crippen molar-refractivity contribution < 1.29 is 33.9 Å². The van der Waals surface area contributed by atoms with Crippen LogP contribution in [0.5, 0.6) is 0 Å². The van der Waals surface area contributed by atoms with Gasteiger partial charge >= 0.3 is 5.97 Å². The third kappa shape index (κ3) is 10.5. The van der Waals surface area contributed by atoms with E-state index in [2.05, 4.69) is 16.0 Å². The number of rotatable bonds is 15. The number of primary amides is 2. The highest BCUT2D eigenvalue weighted by Crippen LogP contribution is 2.08. The Kier molecular flexibility index (Phi) is 12.0. The van der Waals surface area contributed by atoms with Crippen LogP contribution in [0.3, 0.4) is 0 Å². The highest BCUT2D eigenvalue weighted by molar-refractivity contribution is 5.95. The number of aliphatic carboxylic acids is 1. The SMILES string of the molecule is CC(C)C(NC(=O)C(N)CCC(N)=O)C(=O)NC(Cc1ccccc1)C(=O)NC(CC(N)=O)C(=O)O. The second-order valence-corrected chi connectivity index (χ2v) is 8.66. The van der Waals surface area contributed by atoms with Gasteiger partial charge in [-0.05, 0) is 17.9 Å². The summed E-state index contributed by atoms with van der Waals surface area (Å²) in [5.41, 5.74) is 16.6. The number of benzene rings is 1. The van der Waals surface area contributed by atoms with Gasteiger partial charge in [0.25, 0.3) is 0 Å². The minimum atomic E-state index is -1.59. The van der Waals surface area contributed by atoms with E-state index in [0.29, 0.717) is 5.56 Å². The van der Waals surface area contributed by atoms with Gasteiger partial charge in [0.15, 0.2) is 0 Å². The molecule has 0 bridgehead atoms. The quantitative estimate of drug-likeness (QED) is 0.139. The van der Waals surface area contributed by atoms with E-state index in [1.54, 1.807) is 44.2 Å². The zero-order valence-electron chi connectivity index (χ0n) is 20.2. The van der Waals surface area contributed by atoms with E-state index < -0.39 is 72.0 Å². The van der Waals surface area contributed by atoms with Gasteiger partial charge in [-0.3, -0.25) is 24.0 Å². The van der Waals surface area contributed by atoms with Gasteiger partial charge in [0.2, 0.25) is 29.5 Å². The maximum Gasteiger partial charge on any atom is 0.326 e. The Morgan fingerprint density at radius 2 is 1.42 bits per heavy atom. The molecule has 0 aliphatic carbocycles. The summed E-state index contributed by atoms with van der Waals surface area (Å²) in [5, 5.41) is 16.6. The molecule has 0 heterocycles. The maximum absolute atomic E-state index is 13.1. The van der Waals surface area contributed by atoms with E-state index in [0.717, 1.165) is 0 Å². The molecule has 13 heteroatoms. The van der Waals surface area contributed by atoms with Crippen molar-refractivity contribution in [1.82, 2.24) is 16.0 Å². The molecule has 0 saturated carbocycles. The summed E-state index contributed by atoms with van der Waals surface area (Å²) in [4.78, 5) is 72.1. The Labute approximate surface area is 208 Å². The van der Waals surface area contributed by atoms with E-state index in [9.17, 15) is 33.9 Å². The fourth-order valence-electron chi connectivity index (χ4n) is 3.22. The first-order valence-electron chi connectivity index (χ1n) is 11.3. The summed E-state index contributed by atoms with van der Waals surface area (Å²) in [5.74, 6) is -5.68. The predicted octanol–water partition coefficient (Wildman–Crippen LogP) is -2.11. The molecule has 0 radical (unpaired) electrons. The van der Waals surface area contributed by atoms with Crippen molar-refractivity contribution in [3.8, 4) is 0 Å². The van der Waals surface area contributed by atoms with Crippen LogP contribution in [0.15, 0.2) is 30.3 Å². The molecule has 0 aliphatic heterocycles. The van der Waals surface area contributed by atoms with E-state index in [1.807, 2.05) is 0 Å². The Bertz CT molecular complexity index is 954. The van der Waals surface area contributed by atoms with Crippen LogP contribution in [-0.4, -0.2) is 64.8 Å². The summed E-state index contributed by atoms with van der Waals surface area (Å²) < 4.78 is 0. The standard InChI is InChI=1S/C23H34N6O7/c1-12(2)19(29-20(32)14(24)8-9-17(25)30)22(34)27-15(10-13-6-4-3-5-7-13)21(33)28-16(23(35)36)11-18(26)31/h3-7,12,14-16,19H,8-11,24H2,1-2H3,(H2,25,30)(H2,26,31)(H,27,34)(H,28,33)(H,29,32)(H,35,36). The smallest absolute Gasteiger partial charge is 0.326 e. The van der Waals surface area contributed by atoms with E-state index >= 15 is 0 Å². The van der Waals surface area contributed by atoms with Crippen LogP contribution in [0.4, 0.5) is 0 Å². The molecule has 1 aromatic rings. The number of nitrogens with two attached hydrogens (primary N) is 3. The van der Waals surface area contributed by atoms with Gasteiger partial charge in [0, 0.05) is 12.8 Å². The van der Waals surface area contributed by atoms with Gasteiger partial charge in [-0.1, -0.05) is 44.2 Å². The molecule has 0 aliphatic rings. The summed E-state index contributed by atoms with van der Waals surface area (Å²) >= 11 is 0. The third-order valence-electron chi connectivity index (χ3n) is 5.22. The van der Waals surface area contributed by atoms with Crippen LogP contribution in [0.25, 0.3) is 0 Å². The molecular formula is C23H34N6O7. The summed E-state index contributed by atoms with van der Waals surface area (Å²) in [6.45, 7) is 3.33. The molecule has 13 nitrogen and oxygen atoms in total. The molecule has 36 heavy (non-hydrogen) atoms. The van der Waals surface area contributed by atoms with E-state index in [4.69, 9.17) is 17.2 Å². The minimum absolute atomic E-state index is 0.00177. The molecule has 4 unspecified atom stereocenters. The average molecular weight is 507 g/mol. The monoisotopic (exact) mass is 506 g/mol. The first-order valence-corrected chi connectivity index (χ1v) is 11.3. The van der Waals surface area contributed by atoms with Crippen LogP contribution in [0.2, 0.25) is 0 Å². The Hall–Kier alpha value is -4.00. The van der Waals surface area contributed by atoms with Gasteiger partial charge < -0.3 is 38.3 Å². The Morgan fingerprint density at radius 1 is 0.833 bits per heavy atom. The van der Waals surface area contributed by atoms with Crippen molar-refractivity contribution in [3.63, 3.8) is 0 Å². The highest BCUT2D eigenvalue weighted by atomic mass is 16.4. The van der Waals surface area contributed by atoms with Crippen molar-refractivity contribution >= 4 is 35.5 Å². The lowest BCUT2D eigenvalue weighted by Gasteiger charge is -2.27.